The molecule has 3 nitrogen and oxygen atoms in total. The number of quaternary nitrogens is 1. The molecule has 0 fully saturated rings. The molecule has 0 aromatic carbocycles. The molecular weight excluding hydrogens is 358 g/mol. The monoisotopic (exact) mass is 403 g/mol. The van der Waals surface area contributed by atoms with Crippen LogP contribution < -0.4 is 12.4 Å². The van der Waals surface area contributed by atoms with Crippen molar-refractivity contribution in [3.63, 3.8) is 0 Å². The Kier molecular flexibility index (Phi) is 20.0. The third kappa shape index (κ3) is 23.4. The first kappa shape index (κ1) is 28.7. The van der Waals surface area contributed by atoms with Crippen LogP contribution in [0, 0.1) is 0 Å². The first-order valence-corrected chi connectivity index (χ1v) is 11.0. The van der Waals surface area contributed by atoms with Gasteiger partial charge in [-0.25, -0.2) is 4.79 Å². The number of hydrogen-bond acceptors (Lipinski definition) is 2. The smallest absolute Gasteiger partial charge is 0.333 e. The van der Waals surface area contributed by atoms with Gasteiger partial charge in [0.05, 0.1) is 34.3 Å². The molecule has 0 saturated carbocycles. The number of nitrogens with zero attached hydrogens (tertiary/aromatic N) is 1. The summed E-state index contributed by atoms with van der Waals surface area (Å²) in [7, 11) is 6.84. The van der Waals surface area contributed by atoms with Crippen LogP contribution in [-0.2, 0) is 9.53 Å². The molecule has 0 aliphatic rings. The van der Waals surface area contributed by atoms with Crippen molar-refractivity contribution in [3.05, 3.63) is 12.2 Å². The number of carbonyl (C=O) groups excluding carboxylic acids is 1. The summed E-state index contributed by atoms with van der Waals surface area (Å²) >= 11 is 0. The van der Waals surface area contributed by atoms with Crippen LogP contribution in [0.4, 0.5) is 0 Å². The average molecular weight is 404 g/mol. The van der Waals surface area contributed by atoms with Gasteiger partial charge in [-0.05, 0) is 26.2 Å². The summed E-state index contributed by atoms with van der Waals surface area (Å²) in [5, 5.41) is 0. The van der Waals surface area contributed by atoms with E-state index in [0.717, 1.165) is 17.3 Å². The number of carbonyl (C=O) groups is 1. The average Bonchev–Trinajstić information content (AvgIpc) is 2.56. The van der Waals surface area contributed by atoms with Gasteiger partial charge >= 0.3 is 5.97 Å². The maximum atomic E-state index is 11.2. The minimum atomic E-state index is -0.255. The molecule has 0 aliphatic carbocycles. The van der Waals surface area contributed by atoms with Gasteiger partial charge in [0.25, 0.3) is 0 Å². The van der Waals surface area contributed by atoms with Crippen LogP contribution in [0.15, 0.2) is 12.2 Å². The number of unbranched alkanes of at least 4 members (excludes halogenated alkanes) is 13. The number of ether oxygens (including phenoxy) is 1. The normalized spacial score (nSPS) is 11.1. The highest BCUT2D eigenvalue weighted by Crippen LogP contribution is 2.13. The molecule has 0 unspecified atom stereocenters. The molecule has 0 heterocycles. The van der Waals surface area contributed by atoms with Crippen LogP contribution in [-0.4, -0.2) is 44.7 Å². The molecule has 0 aromatic heterocycles. The highest BCUT2D eigenvalue weighted by Gasteiger charge is 2.05. The minimum absolute atomic E-state index is 0. The van der Waals surface area contributed by atoms with Crippen LogP contribution in [0.25, 0.3) is 0 Å². The van der Waals surface area contributed by atoms with E-state index in [4.69, 9.17) is 4.74 Å². The summed E-state index contributed by atoms with van der Waals surface area (Å²) < 4.78 is 6.19. The molecule has 0 saturated heterocycles. The van der Waals surface area contributed by atoms with Crippen molar-refractivity contribution in [2.75, 3.05) is 34.3 Å². The second-order valence-electron chi connectivity index (χ2n) is 8.88. The fraction of sp³-hybridized carbons (Fsp3) is 0.870. The first-order chi connectivity index (χ1) is 12.3. The fourth-order valence-corrected chi connectivity index (χ4v) is 3.10. The number of hydrogen-bond donors (Lipinski definition) is 0. The fourth-order valence-electron chi connectivity index (χ4n) is 3.10. The highest BCUT2D eigenvalue weighted by atomic mass is 35.5. The standard InChI is InChI=1S/C23H46NO2.ClH/c1-22(2)23(25)26-21-19-17-15-13-11-9-7-6-8-10-12-14-16-18-20-24(3,4)5;/h1,6-21H2,2-5H3;1H/q+1;/p-1. The number of rotatable bonds is 18. The van der Waals surface area contributed by atoms with Gasteiger partial charge in [-0.3, -0.25) is 0 Å². The zero-order chi connectivity index (χ0) is 19.7. The van der Waals surface area contributed by atoms with Crippen molar-refractivity contribution in [1.82, 2.24) is 0 Å². The summed E-state index contributed by atoms with van der Waals surface area (Å²) in [6, 6.07) is 0. The Morgan fingerprint density at radius 1 is 0.704 bits per heavy atom. The van der Waals surface area contributed by atoms with Gasteiger partial charge in [0, 0.05) is 5.57 Å². The molecule has 27 heavy (non-hydrogen) atoms. The molecule has 0 radical (unpaired) electrons. The molecule has 0 N–H and O–H groups in total. The summed E-state index contributed by atoms with van der Waals surface area (Å²) in [6.45, 7) is 7.12. The number of esters is 1. The van der Waals surface area contributed by atoms with Crippen LogP contribution in [0.1, 0.15) is 96.8 Å². The molecule has 0 rings (SSSR count). The van der Waals surface area contributed by atoms with E-state index in [-0.39, 0.29) is 18.4 Å². The molecule has 0 aromatic rings. The maximum absolute atomic E-state index is 11.2. The lowest BCUT2D eigenvalue weighted by Gasteiger charge is -2.23. The Morgan fingerprint density at radius 2 is 1.04 bits per heavy atom. The van der Waals surface area contributed by atoms with Crippen molar-refractivity contribution in [2.45, 2.75) is 96.8 Å². The molecule has 0 atom stereocenters. The van der Waals surface area contributed by atoms with Crippen molar-refractivity contribution in [2.24, 2.45) is 0 Å². The van der Waals surface area contributed by atoms with Crippen molar-refractivity contribution in [1.29, 1.82) is 0 Å². The maximum Gasteiger partial charge on any atom is 0.333 e. The zero-order valence-electron chi connectivity index (χ0n) is 18.7. The van der Waals surface area contributed by atoms with Crippen LogP contribution in [0.3, 0.4) is 0 Å². The van der Waals surface area contributed by atoms with Gasteiger partial charge in [-0.15, -0.1) is 0 Å². The third-order valence-corrected chi connectivity index (χ3v) is 4.80. The van der Waals surface area contributed by atoms with E-state index >= 15 is 0 Å². The van der Waals surface area contributed by atoms with E-state index in [1.165, 1.54) is 83.6 Å². The summed E-state index contributed by atoms with van der Waals surface area (Å²) in [5.41, 5.74) is 0.491. The Balaban J connectivity index is 0. The lowest BCUT2D eigenvalue weighted by Crippen LogP contribution is -3.00. The lowest BCUT2D eigenvalue weighted by molar-refractivity contribution is -0.870. The van der Waals surface area contributed by atoms with Gasteiger partial charge in [-0.2, -0.15) is 0 Å². The molecule has 0 spiro atoms. The molecule has 0 bridgehead atoms. The Morgan fingerprint density at radius 3 is 1.37 bits per heavy atom. The Bertz CT molecular complexity index is 364. The minimum Gasteiger partial charge on any atom is -1.00 e. The summed E-state index contributed by atoms with van der Waals surface area (Å²) in [6.07, 6.45) is 18.7. The quantitative estimate of drug-likeness (QED) is 0.152. The van der Waals surface area contributed by atoms with Gasteiger partial charge in [0.2, 0.25) is 0 Å². The molecule has 0 aliphatic heterocycles. The second kappa shape index (κ2) is 18.8. The van der Waals surface area contributed by atoms with Crippen molar-refractivity contribution >= 4 is 5.97 Å². The lowest BCUT2D eigenvalue weighted by atomic mass is 10.0. The highest BCUT2D eigenvalue weighted by molar-refractivity contribution is 5.86. The topological polar surface area (TPSA) is 26.3 Å². The number of halogens is 1. The largest absolute Gasteiger partial charge is 1.00 e. The van der Waals surface area contributed by atoms with Crippen molar-refractivity contribution in [3.8, 4) is 0 Å². The van der Waals surface area contributed by atoms with Crippen LogP contribution in [0.5, 0.6) is 0 Å². The van der Waals surface area contributed by atoms with Crippen LogP contribution >= 0.6 is 0 Å². The van der Waals surface area contributed by atoms with E-state index < -0.39 is 0 Å². The van der Waals surface area contributed by atoms with Gasteiger partial charge in [0.1, 0.15) is 0 Å². The van der Waals surface area contributed by atoms with Gasteiger partial charge < -0.3 is 21.6 Å². The van der Waals surface area contributed by atoms with E-state index in [2.05, 4.69) is 27.7 Å². The zero-order valence-corrected chi connectivity index (χ0v) is 19.4. The van der Waals surface area contributed by atoms with Gasteiger partial charge in [0.15, 0.2) is 0 Å². The summed E-state index contributed by atoms with van der Waals surface area (Å²) in [5.74, 6) is -0.255. The second-order valence-corrected chi connectivity index (χ2v) is 8.88. The summed E-state index contributed by atoms with van der Waals surface area (Å²) in [4.78, 5) is 11.2. The Hall–Kier alpha value is -0.540. The van der Waals surface area contributed by atoms with Gasteiger partial charge in [-0.1, -0.05) is 77.2 Å². The predicted molar refractivity (Wildman–Crippen MR) is 113 cm³/mol. The SMILES string of the molecule is C=C(C)C(=O)OCCCCCCCCCCCCCCCC[N+](C)(C)C.[Cl-]. The van der Waals surface area contributed by atoms with E-state index in [1.807, 2.05) is 0 Å². The molecule has 162 valence electrons. The van der Waals surface area contributed by atoms with E-state index in [0.29, 0.717) is 12.2 Å². The van der Waals surface area contributed by atoms with Crippen LogP contribution in [0.2, 0.25) is 0 Å². The van der Waals surface area contributed by atoms with Crippen molar-refractivity contribution < 1.29 is 26.4 Å². The molecule has 0 amide bonds. The molecular formula is C23H46ClNO2. The molecule has 4 heteroatoms. The van der Waals surface area contributed by atoms with E-state index in [9.17, 15) is 4.79 Å². The van der Waals surface area contributed by atoms with E-state index in [1.54, 1.807) is 6.92 Å². The Labute approximate surface area is 175 Å². The predicted octanol–water partition coefficient (Wildman–Crippen LogP) is 3.28. The first-order valence-electron chi connectivity index (χ1n) is 11.0. The third-order valence-electron chi connectivity index (χ3n) is 4.80.